The minimum atomic E-state index is -0.964. The molecular weight excluding hydrogens is 311 g/mol. The van der Waals surface area contributed by atoms with Crippen molar-refractivity contribution in [2.75, 3.05) is 13.1 Å². The van der Waals surface area contributed by atoms with Crippen LogP contribution in [-0.2, 0) is 6.54 Å². The van der Waals surface area contributed by atoms with Gasteiger partial charge in [-0.25, -0.2) is 9.18 Å². The van der Waals surface area contributed by atoms with E-state index in [1.54, 1.807) is 30.5 Å². The van der Waals surface area contributed by atoms with E-state index in [4.69, 9.17) is 4.74 Å². The highest BCUT2D eigenvalue weighted by Crippen LogP contribution is 2.20. The number of hydrogen-bond donors (Lipinski definition) is 1. The maximum atomic E-state index is 13.0. The molecule has 1 aliphatic rings. The van der Waals surface area contributed by atoms with Gasteiger partial charge in [0.1, 0.15) is 17.7 Å². The van der Waals surface area contributed by atoms with Crippen molar-refractivity contribution in [3.05, 3.63) is 59.7 Å². The molecule has 0 unspecified atom stereocenters. The Bertz CT molecular complexity index is 706. The Morgan fingerprint density at radius 3 is 2.88 bits per heavy atom. The normalized spacial score (nSPS) is 18.3. The number of carboxylic acid groups (broad SMARTS) is 1. The van der Waals surface area contributed by atoms with Crippen LogP contribution in [-0.4, -0.2) is 40.2 Å². The van der Waals surface area contributed by atoms with Crippen LogP contribution in [0.25, 0.3) is 0 Å². The fourth-order valence-corrected chi connectivity index (χ4v) is 2.93. The van der Waals surface area contributed by atoms with E-state index in [0.717, 1.165) is 19.4 Å². The molecule has 1 N–H and O–H groups in total. The molecule has 1 aromatic heterocycles. The summed E-state index contributed by atoms with van der Waals surface area (Å²) in [4.78, 5) is 17.6. The van der Waals surface area contributed by atoms with Crippen molar-refractivity contribution in [2.24, 2.45) is 0 Å². The molecule has 2 aromatic rings. The molecule has 0 bridgehead atoms. The van der Waals surface area contributed by atoms with E-state index in [9.17, 15) is 14.3 Å². The lowest BCUT2D eigenvalue weighted by molar-refractivity contribution is 0.0686. The first-order valence-corrected chi connectivity index (χ1v) is 7.93. The number of benzene rings is 1. The number of likely N-dealkylation sites (tertiary alicyclic amines) is 1. The number of pyridine rings is 1. The van der Waals surface area contributed by atoms with Gasteiger partial charge < -0.3 is 9.84 Å². The molecule has 0 aliphatic carbocycles. The Labute approximate surface area is 139 Å². The summed E-state index contributed by atoms with van der Waals surface area (Å²) in [5.74, 6) is -0.606. The van der Waals surface area contributed by atoms with Crippen molar-refractivity contribution in [1.82, 2.24) is 9.88 Å². The first-order chi connectivity index (χ1) is 11.6. The number of aromatic carboxylic acids is 1. The van der Waals surface area contributed by atoms with Crippen molar-refractivity contribution in [1.29, 1.82) is 0 Å². The van der Waals surface area contributed by atoms with Crippen LogP contribution in [0.1, 0.15) is 28.9 Å². The molecule has 1 aliphatic heterocycles. The summed E-state index contributed by atoms with van der Waals surface area (Å²) in [6.45, 7) is 2.04. The summed E-state index contributed by atoms with van der Waals surface area (Å²) >= 11 is 0. The SMILES string of the molecule is O=C(O)c1cccnc1CN1CCC[C@@H](Oc2ccc(F)cc2)C1. The Kier molecular flexibility index (Phi) is 5.05. The number of ether oxygens (including phenoxy) is 1. The number of hydrogen-bond acceptors (Lipinski definition) is 4. The van der Waals surface area contributed by atoms with Crippen LogP contribution in [0.2, 0.25) is 0 Å². The number of halogens is 1. The van der Waals surface area contributed by atoms with E-state index >= 15 is 0 Å². The highest BCUT2D eigenvalue weighted by atomic mass is 19.1. The van der Waals surface area contributed by atoms with Gasteiger partial charge in [0.25, 0.3) is 0 Å². The van der Waals surface area contributed by atoms with Gasteiger partial charge in [0.15, 0.2) is 0 Å². The van der Waals surface area contributed by atoms with Crippen molar-refractivity contribution >= 4 is 5.97 Å². The lowest BCUT2D eigenvalue weighted by Crippen LogP contribution is -2.41. The van der Waals surface area contributed by atoms with E-state index in [1.165, 1.54) is 12.1 Å². The third kappa shape index (κ3) is 4.08. The van der Waals surface area contributed by atoms with E-state index in [1.807, 2.05) is 0 Å². The standard InChI is InChI=1S/C18H19FN2O3/c19-13-5-7-14(8-6-13)24-15-3-2-10-21(11-15)12-17-16(18(22)23)4-1-9-20-17/h1,4-9,15H,2-3,10-12H2,(H,22,23)/t15-/m1/s1. The summed E-state index contributed by atoms with van der Waals surface area (Å²) in [5, 5.41) is 9.25. The second-order valence-electron chi connectivity index (χ2n) is 5.87. The van der Waals surface area contributed by atoms with Crippen LogP contribution in [0.5, 0.6) is 5.75 Å². The first kappa shape index (κ1) is 16.4. The maximum absolute atomic E-state index is 13.0. The minimum absolute atomic E-state index is 0.00111. The molecule has 1 saturated heterocycles. The van der Waals surface area contributed by atoms with Crippen LogP contribution in [0.3, 0.4) is 0 Å². The molecule has 1 atom stereocenters. The molecule has 3 rings (SSSR count). The van der Waals surface area contributed by atoms with Gasteiger partial charge in [-0.15, -0.1) is 0 Å². The van der Waals surface area contributed by atoms with Crippen LogP contribution in [0.4, 0.5) is 4.39 Å². The van der Waals surface area contributed by atoms with Gasteiger partial charge in [0.05, 0.1) is 11.3 Å². The molecule has 0 radical (unpaired) electrons. The van der Waals surface area contributed by atoms with E-state index < -0.39 is 5.97 Å². The summed E-state index contributed by atoms with van der Waals surface area (Å²) in [6.07, 6.45) is 3.49. The predicted molar refractivity (Wildman–Crippen MR) is 86.5 cm³/mol. The number of carbonyl (C=O) groups is 1. The monoisotopic (exact) mass is 330 g/mol. The molecule has 126 valence electrons. The quantitative estimate of drug-likeness (QED) is 0.913. The van der Waals surface area contributed by atoms with E-state index in [2.05, 4.69) is 9.88 Å². The Morgan fingerprint density at radius 1 is 1.33 bits per heavy atom. The smallest absolute Gasteiger partial charge is 0.337 e. The lowest BCUT2D eigenvalue weighted by atomic mass is 10.1. The Balaban J connectivity index is 1.63. The fourth-order valence-electron chi connectivity index (χ4n) is 2.93. The third-order valence-corrected chi connectivity index (χ3v) is 4.07. The van der Waals surface area contributed by atoms with Crippen molar-refractivity contribution in [3.8, 4) is 5.75 Å². The van der Waals surface area contributed by atoms with Gasteiger partial charge in [-0.05, 0) is 55.8 Å². The van der Waals surface area contributed by atoms with Crippen molar-refractivity contribution < 1.29 is 19.0 Å². The summed E-state index contributed by atoms with van der Waals surface area (Å²) in [5.41, 5.74) is 0.798. The largest absolute Gasteiger partial charge is 0.489 e. The van der Waals surface area contributed by atoms with Gasteiger partial charge in [-0.1, -0.05) is 0 Å². The summed E-state index contributed by atoms with van der Waals surface area (Å²) < 4.78 is 18.9. The Hall–Kier alpha value is -2.47. The van der Waals surface area contributed by atoms with Gasteiger partial charge >= 0.3 is 5.97 Å². The molecule has 6 heteroatoms. The number of nitrogens with zero attached hydrogens (tertiary/aromatic N) is 2. The summed E-state index contributed by atoms with van der Waals surface area (Å²) in [7, 11) is 0. The zero-order valence-electron chi connectivity index (χ0n) is 13.2. The highest BCUT2D eigenvalue weighted by Gasteiger charge is 2.23. The molecular formula is C18H19FN2O3. The average Bonchev–Trinajstić information content (AvgIpc) is 2.58. The average molecular weight is 330 g/mol. The zero-order chi connectivity index (χ0) is 16.9. The molecule has 0 amide bonds. The predicted octanol–water partition coefficient (Wildman–Crippen LogP) is 2.96. The van der Waals surface area contributed by atoms with Gasteiger partial charge in [0, 0.05) is 19.3 Å². The van der Waals surface area contributed by atoms with E-state index in [0.29, 0.717) is 24.5 Å². The molecule has 1 fully saturated rings. The molecule has 5 nitrogen and oxygen atoms in total. The van der Waals surface area contributed by atoms with Gasteiger partial charge in [-0.3, -0.25) is 9.88 Å². The number of rotatable bonds is 5. The van der Waals surface area contributed by atoms with Crippen LogP contribution in [0.15, 0.2) is 42.6 Å². The molecule has 1 aromatic carbocycles. The fraction of sp³-hybridized carbons (Fsp3) is 0.333. The summed E-state index contributed by atoms with van der Waals surface area (Å²) in [6, 6.07) is 9.20. The molecule has 0 saturated carbocycles. The zero-order valence-corrected chi connectivity index (χ0v) is 13.2. The van der Waals surface area contributed by atoms with Crippen molar-refractivity contribution in [3.63, 3.8) is 0 Å². The number of aromatic nitrogens is 1. The van der Waals surface area contributed by atoms with Crippen molar-refractivity contribution in [2.45, 2.75) is 25.5 Å². The molecule has 2 heterocycles. The Morgan fingerprint density at radius 2 is 2.12 bits per heavy atom. The molecule has 0 spiro atoms. The maximum Gasteiger partial charge on any atom is 0.337 e. The van der Waals surface area contributed by atoms with Gasteiger partial charge in [-0.2, -0.15) is 0 Å². The van der Waals surface area contributed by atoms with E-state index in [-0.39, 0.29) is 17.5 Å². The third-order valence-electron chi connectivity index (χ3n) is 4.07. The minimum Gasteiger partial charge on any atom is -0.489 e. The second kappa shape index (κ2) is 7.40. The molecule has 24 heavy (non-hydrogen) atoms. The number of carboxylic acids is 1. The number of piperidine rings is 1. The highest BCUT2D eigenvalue weighted by molar-refractivity contribution is 5.88. The van der Waals surface area contributed by atoms with Crippen LogP contribution >= 0.6 is 0 Å². The lowest BCUT2D eigenvalue weighted by Gasteiger charge is -2.32. The van der Waals surface area contributed by atoms with Crippen LogP contribution < -0.4 is 4.74 Å². The topological polar surface area (TPSA) is 62.7 Å². The van der Waals surface area contributed by atoms with Crippen LogP contribution in [0, 0.1) is 5.82 Å². The van der Waals surface area contributed by atoms with Gasteiger partial charge in [0.2, 0.25) is 0 Å². The second-order valence-corrected chi connectivity index (χ2v) is 5.87. The first-order valence-electron chi connectivity index (χ1n) is 7.93.